The van der Waals surface area contributed by atoms with Crippen molar-refractivity contribution in [3.8, 4) is 0 Å². The highest BCUT2D eigenvalue weighted by molar-refractivity contribution is 7.47. The van der Waals surface area contributed by atoms with Crippen molar-refractivity contribution in [2.75, 3.05) is 39.6 Å². The number of phosphoric acid groups is 2. The van der Waals surface area contributed by atoms with Gasteiger partial charge in [0.05, 0.1) is 26.4 Å². The van der Waals surface area contributed by atoms with Crippen LogP contribution in [0.5, 0.6) is 0 Å². The molecule has 0 fully saturated rings. The molecule has 0 aromatic carbocycles. The van der Waals surface area contributed by atoms with Gasteiger partial charge >= 0.3 is 39.5 Å². The lowest BCUT2D eigenvalue weighted by Crippen LogP contribution is -2.30. The molecule has 0 rings (SSSR count). The molecule has 0 aliphatic rings. The van der Waals surface area contributed by atoms with Crippen molar-refractivity contribution >= 4 is 39.5 Å². The maximum atomic E-state index is 13.1. The normalized spacial score (nSPS) is 14.2. The fraction of sp³-hybridized carbons (Fsp3) is 0.848. The Labute approximate surface area is 597 Å². The third-order valence-electron chi connectivity index (χ3n) is 17.2. The van der Waals surface area contributed by atoms with Gasteiger partial charge in [-0.05, 0) is 128 Å². The van der Waals surface area contributed by atoms with E-state index >= 15 is 0 Å². The first kappa shape index (κ1) is 95.0. The van der Waals surface area contributed by atoms with Crippen LogP contribution in [0.15, 0.2) is 48.6 Å². The summed E-state index contributed by atoms with van der Waals surface area (Å²) >= 11 is 0. The van der Waals surface area contributed by atoms with Crippen LogP contribution in [0.3, 0.4) is 0 Å². The van der Waals surface area contributed by atoms with Crippen LogP contribution in [0.2, 0.25) is 0 Å². The topological polar surface area (TPSA) is 237 Å². The maximum absolute atomic E-state index is 13.1. The van der Waals surface area contributed by atoms with E-state index in [4.69, 9.17) is 37.0 Å². The molecule has 0 saturated carbocycles. The Hall–Kier alpha value is -2.98. The molecule has 2 unspecified atom stereocenters. The van der Waals surface area contributed by atoms with Gasteiger partial charge in [0.2, 0.25) is 0 Å². The van der Waals surface area contributed by atoms with Gasteiger partial charge in [0.15, 0.2) is 12.2 Å². The summed E-state index contributed by atoms with van der Waals surface area (Å²) in [5, 5.41) is 10.6. The van der Waals surface area contributed by atoms with E-state index in [1.807, 2.05) is 0 Å². The number of carbonyl (C=O) groups is 4. The van der Waals surface area contributed by atoms with Crippen molar-refractivity contribution in [1.29, 1.82) is 0 Å². The van der Waals surface area contributed by atoms with E-state index in [2.05, 4.69) is 76.3 Å². The third-order valence-corrected chi connectivity index (χ3v) is 19.1. The molecule has 17 nitrogen and oxygen atoms in total. The van der Waals surface area contributed by atoms with Crippen LogP contribution in [0.25, 0.3) is 0 Å². The van der Waals surface area contributed by atoms with Crippen LogP contribution >= 0.6 is 15.6 Å². The van der Waals surface area contributed by atoms with E-state index in [-0.39, 0.29) is 25.7 Å². The highest BCUT2D eigenvalue weighted by atomic mass is 31.2. The predicted molar refractivity (Wildman–Crippen MR) is 400 cm³/mol. The standard InChI is InChI=1S/C79H146O17P2/c1-5-9-13-17-21-25-29-33-36-40-43-47-51-55-59-63-76(81)89-69-74(95-78(83)65-61-57-53-49-45-39-32-28-24-20-16-12-8-4)71-93-97(85,86)91-67-73(80)68-92-98(87,88)94-72-75(96-79(84)66-62-58-54-50-46-42-38-35-31-27-23-19-15-11-7-3)70-90-77(82)64-60-56-52-48-44-41-37-34-30-26-22-18-14-10-6-2/h25-26,28-30,32,35,38,73-75,80H,5-24,27,31,33-34,36-37,39-72H2,1-4H3,(H,85,86)(H,87,88)/b29-25-,30-26-,32-28-,38-35-/t73-,74+,75+/m0/s1. The van der Waals surface area contributed by atoms with Crippen molar-refractivity contribution < 1.29 is 80.2 Å². The minimum Gasteiger partial charge on any atom is -0.462 e. The van der Waals surface area contributed by atoms with Crippen LogP contribution in [0, 0.1) is 0 Å². The molecule has 0 amide bonds. The smallest absolute Gasteiger partial charge is 0.462 e. The minimum absolute atomic E-state index is 0.0890. The van der Waals surface area contributed by atoms with E-state index in [1.54, 1.807) is 0 Å². The molecular weight excluding hydrogens is 1280 g/mol. The second kappa shape index (κ2) is 72.4. The third kappa shape index (κ3) is 71.4. The number of hydrogen-bond donors (Lipinski definition) is 3. The van der Waals surface area contributed by atoms with E-state index in [0.717, 1.165) is 154 Å². The number of hydrogen-bond acceptors (Lipinski definition) is 15. The molecule has 0 aromatic rings. The van der Waals surface area contributed by atoms with Crippen LogP contribution in [-0.2, 0) is 65.4 Å². The van der Waals surface area contributed by atoms with Gasteiger partial charge in [0, 0.05) is 25.7 Å². The Morgan fingerprint density at radius 3 is 0.714 bits per heavy atom. The van der Waals surface area contributed by atoms with Gasteiger partial charge in [0.1, 0.15) is 19.3 Å². The average Bonchev–Trinajstić information content (AvgIpc) is 0.959. The Morgan fingerprint density at radius 2 is 0.469 bits per heavy atom. The number of phosphoric ester groups is 2. The molecule has 0 aromatic heterocycles. The van der Waals surface area contributed by atoms with Crippen molar-refractivity contribution in [3.63, 3.8) is 0 Å². The monoisotopic (exact) mass is 1430 g/mol. The summed E-state index contributed by atoms with van der Waals surface area (Å²) in [6, 6.07) is 0. The summed E-state index contributed by atoms with van der Waals surface area (Å²) in [7, 11) is -9.94. The van der Waals surface area contributed by atoms with E-state index < -0.39 is 97.5 Å². The fourth-order valence-corrected chi connectivity index (χ4v) is 12.7. The molecule has 98 heavy (non-hydrogen) atoms. The zero-order valence-corrected chi connectivity index (χ0v) is 64.5. The van der Waals surface area contributed by atoms with Gasteiger partial charge in [-0.1, -0.05) is 269 Å². The molecule has 0 aliphatic heterocycles. The lowest BCUT2D eigenvalue weighted by molar-refractivity contribution is -0.161. The summed E-state index contributed by atoms with van der Waals surface area (Å²) in [5.41, 5.74) is 0. The molecule has 0 bridgehead atoms. The highest BCUT2D eigenvalue weighted by Gasteiger charge is 2.30. The van der Waals surface area contributed by atoms with Gasteiger partial charge in [0.25, 0.3) is 0 Å². The van der Waals surface area contributed by atoms with E-state index in [1.165, 1.54) is 141 Å². The summed E-state index contributed by atoms with van der Waals surface area (Å²) in [6.45, 7) is 4.88. The quantitative estimate of drug-likeness (QED) is 0.0169. The van der Waals surface area contributed by atoms with E-state index in [9.17, 15) is 43.2 Å². The maximum Gasteiger partial charge on any atom is 0.472 e. The minimum atomic E-state index is -4.97. The molecule has 0 radical (unpaired) electrons. The molecular formula is C79H146O17P2. The Kier molecular flexibility index (Phi) is 70.2. The SMILES string of the molecule is CCCCCC/C=C\CCCCCCCCCC(=O)OC[C@H](COP(=O)(O)OC[C@H](O)COP(=O)(O)OC[C@@H](COC(=O)CCCCCCCCC/C=C\CCCCCC)OC(=O)CCCCCCC/C=C\CCCCCCCC)OC(=O)CCCCCCC/C=C\CCCCCC. The molecule has 0 aliphatic carbocycles. The van der Waals surface area contributed by atoms with Crippen molar-refractivity contribution in [2.24, 2.45) is 0 Å². The molecule has 0 saturated heterocycles. The van der Waals surface area contributed by atoms with Gasteiger partial charge in [-0.3, -0.25) is 37.3 Å². The lowest BCUT2D eigenvalue weighted by atomic mass is 10.1. The molecule has 0 heterocycles. The first-order valence-corrected chi connectivity index (χ1v) is 42.9. The molecule has 19 heteroatoms. The van der Waals surface area contributed by atoms with Gasteiger partial charge in [-0.15, -0.1) is 0 Å². The predicted octanol–water partition coefficient (Wildman–Crippen LogP) is 22.9. The number of rotatable bonds is 76. The van der Waals surface area contributed by atoms with Crippen molar-refractivity contribution in [2.45, 2.75) is 393 Å². The Bertz CT molecular complexity index is 2050. The largest absolute Gasteiger partial charge is 0.472 e. The van der Waals surface area contributed by atoms with Crippen LogP contribution in [0.4, 0.5) is 0 Å². The number of aliphatic hydroxyl groups excluding tert-OH is 1. The summed E-state index contributed by atoms with van der Waals surface area (Å²) < 4.78 is 68.6. The van der Waals surface area contributed by atoms with Crippen molar-refractivity contribution in [3.05, 3.63) is 48.6 Å². The molecule has 3 N–H and O–H groups in total. The van der Waals surface area contributed by atoms with Crippen molar-refractivity contribution in [1.82, 2.24) is 0 Å². The number of allylic oxidation sites excluding steroid dienone is 8. The van der Waals surface area contributed by atoms with Gasteiger partial charge in [-0.2, -0.15) is 0 Å². The lowest BCUT2D eigenvalue weighted by Gasteiger charge is -2.21. The molecule has 574 valence electrons. The number of carbonyl (C=O) groups excluding carboxylic acids is 4. The van der Waals surface area contributed by atoms with Crippen LogP contribution < -0.4 is 0 Å². The van der Waals surface area contributed by atoms with Gasteiger partial charge < -0.3 is 33.8 Å². The number of ether oxygens (including phenoxy) is 4. The first-order chi connectivity index (χ1) is 47.7. The first-order valence-electron chi connectivity index (χ1n) is 39.9. The highest BCUT2D eigenvalue weighted by Crippen LogP contribution is 2.45. The Balaban J connectivity index is 5.32. The number of esters is 4. The summed E-state index contributed by atoms with van der Waals surface area (Å²) in [5.74, 6) is -2.17. The average molecular weight is 1430 g/mol. The molecule has 0 spiro atoms. The van der Waals surface area contributed by atoms with Crippen LogP contribution in [0.1, 0.15) is 374 Å². The van der Waals surface area contributed by atoms with E-state index in [0.29, 0.717) is 25.7 Å². The van der Waals surface area contributed by atoms with Crippen LogP contribution in [-0.4, -0.2) is 96.7 Å². The number of aliphatic hydroxyl groups is 1. The Morgan fingerprint density at radius 1 is 0.276 bits per heavy atom. The zero-order valence-electron chi connectivity index (χ0n) is 62.7. The number of unbranched alkanes of at least 4 members (excludes halogenated alkanes) is 42. The zero-order chi connectivity index (χ0) is 71.8. The second-order valence-electron chi connectivity index (χ2n) is 27.0. The summed E-state index contributed by atoms with van der Waals surface area (Å²) in [6.07, 6.45) is 69.4. The second-order valence-corrected chi connectivity index (χ2v) is 29.9. The molecule has 5 atom stereocenters. The fourth-order valence-electron chi connectivity index (χ4n) is 11.1. The summed E-state index contributed by atoms with van der Waals surface area (Å²) in [4.78, 5) is 72.9. The van der Waals surface area contributed by atoms with Gasteiger partial charge in [-0.25, -0.2) is 9.13 Å².